The number of rotatable bonds is 5. The van der Waals surface area contributed by atoms with Crippen LogP contribution in [-0.2, 0) is 7.05 Å². The highest BCUT2D eigenvalue weighted by Gasteiger charge is 2.16. The molecule has 0 unspecified atom stereocenters. The van der Waals surface area contributed by atoms with Crippen molar-refractivity contribution in [2.24, 2.45) is 12.0 Å². The molecule has 2 aromatic heterocycles. The zero-order chi connectivity index (χ0) is 29.6. The standard InChI is InChI=1S/C39H30N4S/c1-27-17-21-32(22-18-27)44-43-35-16-10-9-15-33(35)34-25-28(19-23-36(34)43)29-20-24-37-38(26-29)41(2)39(40-30-11-5-3-6-12-30)42(37)31-13-7-4-8-14-31/h3-26H,1-2H3. The minimum atomic E-state index is 0.876. The Balaban J connectivity index is 1.30. The minimum Gasteiger partial charge on any atom is -0.313 e. The van der Waals surface area contributed by atoms with Crippen molar-refractivity contribution in [3.05, 3.63) is 157 Å². The summed E-state index contributed by atoms with van der Waals surface area (Å²) >= 11 is 1.77. The van der Waals surface area contributed by atoms with Gasteiger partial charge in [0.25, 0.3) is 0 Å². The number of hydrogen-bond acceptors (Lipinski definition) is 2. The summed E-state index contributed by atoms with van der Waals surface area (Å²) in [5.74, 6) is 0. The highest BCUT2D eigenvalue weighted by Crippen LogP contribution is 2.38. The molecule has 6 aromatic carbocycles. The molecule has 8 aromatic rings. The van der Waals surface area contributed by atoms with E-state index in [9.17, 15) is 0 Å². The Kier molecular flexibility index (Phi) is 6.46. The first-order valence-electron chi connectivity index (χ1n) is 14.8. The maximum Gasteiger partial charge on any atom is 0.215 e. The number of para-hydroxylation sites is 3. The number of fused-ring (bicyclic) bond motifs is 4. The number of aromatic nitrogens is 3. The zero-order valence-electron chi connectivity index (χ0n) is 24.6. The summed E-state index contributed by atoms with van der Waals surface area (Å²) in [7, 11) is 2.10. The Morgan fingerprint density at radius 3 is 1.95 bits per heavy atom. The van der Waals surface area contributed by atoms with Gasteiger partial charge in [-0.15, -0.1) is 0 Å². The van der Waals surface area contributed by atoms with E-state index in [0.29, 0.717) is 0 Å². The Morgan fingerprint density at radius 1 is 0.545 bits per heavy atom. The van der Waals surface area contributed by atoms with Crippen LogP contribution in [0.2, 0.25) is 0 Å². The van der Waals surface area contributed by atoms with Crippen LogP contribution in [0.15, 0.2) is 155 Å². The van der Waals surface area contributed by atoms with Crippen LogP contribution >= 0.6 is 11.9 Å². The van der Waals surface area contributed by atoms with E-state index in [4.69, 9.17) is 4.99 Å². The van der Waals surface area contributed by atoms with Gasteiger partial charge >= 0.3 is 0 Å². The third kappa shape index (κ3) is 4.53. The van der Waals surface area contributed by atoms with Crippen LogP contribution in [0.1, 0.15) is 5.56 Å². The number of hydrogen-bond donors (Lipinski definition) is 0. The summed E-state index contributed by atoms with van der Waals surface area (Å²) in [6.45, 7) is 2.13. The first kappa shape index (κ1) is 26.4. The molecule has 0 bridgehead atoms. The highest BCUT2D eigenvalue weighted by atomic mass is 32.2. The minimum absolute atomic E-state index is 0.876. The topological polar surface area (TPSA) is 27.1 Å². The summed E-state index contributed by atoms with van der Waals surface area (Å²) in [6, 6.07) is 51.7. The van der Waals surface area contributed by atoms with Gasteiger partial charge in [0.2, 0.25) is 5.62 Å². The predicted molar refractivity (Wildman–Crippen MR) is 185 cm³/mol. The van der Waals surface area contributed by atoms with E-state index < -0.39 is 0 Å². The van der Waals surface area contributed by atoms with Crippen molar-refractivity contribution in [3.8, 4) is 16.8 Å². The van der Waals surface area contributed by atoms with E-state index in [0.717, 1.165) is 28.0 Å². The van der Waals surface area contributed by atoms with Gasteiger partial charge < -0.3 is 4.57 Å². The number of aryl methyl sites for hydroxylation is 2. The average Bonchev–Trinajstić information content (AvgIpc) is 3.53. The van der Waals surface area contributed by atoms with E-state index >= 15 is 0 Å². The van der Waals surface area contributed by atoms with Crippen molar-refractivity contribution in [2.75, 3.05) is 0 Å². The molecule has 4 nitrogen and oxygen atoms in total. The van der Waals surface area contributed by atoms with Crippen LogP contribution in [0, 0.1) is 6.92 Å². The second-order valence-corrected chi connectivity index (χ2v) is 12.1. The van der Waals surface area contributed by atoms with Gasteiger partial charge in [0.05, 0.1) is 27.8 Å². The molecule has 0 aliphatic rings. The Labute approximate surface area is 260 Å². The molecule has 0 spiro atoms. The van der Waals surface area contributed by atoms with Gasteiger partial charge in [-0.2, -0.15) is 0 Å². The quantitative estimate of drug-likeness (QED) is 0.197. The van der Waals surface area contributed by atoms with Crippen molar-refractivity contribution >= 4 is 50.5 Å². The zero-order valence-corrected chi connectivity index (χ0v) is 25.4. The summed E-state index contributed by atoms with van der Waals surface area (Å²) in [6.07, 6.45) is 0. The first-order valence-corrected chi connectivity index (χ1v) is 15.6. The molecule has 2 heterocycles. The van der Waals surface area contributed by atoms with E-state index in [2.05, 4.69) is 136 Å². The lowest BCUT2D eigenvalue weighted by Gasteiger charge is -2.08. The van der Waals surface area contributed by atoms with Crippen LogP contribution < -0.4 is 5.62 Å². The van der Waals surface area contributed by atoms with Crippen molar-refractivity contribution in [1.82, 2.24) is 13.1 Å². The molecule has 0 aliphatic heterocycles. The monoisotopic (exact) mass is 586 g/mol. The molecular weight excluding hydrogens is 557 g/mol. The van der Waals surface area contributed by atoms with Crippen LogP contribution in [0.5, 0.6) is 0 Å². The lowest BCUT2D eigenvalue weighted by molar-refractivity contribution is 0.812. The van der Waals surface area contributed by atoms with Gasteiger partial charge in [0.1, 0.15) is 0 Å². The smallest absolute Gasteiger partial charge is 0.215 e. The molecule has 8 rings (SSSR count). The van der Waals surface area contributed by atoms with Crippen LogP contribution in [0.4, 0.5) is 5.69 Å². The fraction of sp³-hybridized carbons (Fsp3) is 0.0513. The van der Waals surface area contributed by atoms with E-state index in [1.54, 1.807) is 11.9 Å². The molecule has 44 heavy (non-hydrogen) atoms. The fourth-order valence-corrected chi connectivity index (χ4v) is 7.00. The molecule has 0 amide bonds. The Bertz CT molecular complexity index is 2360. The van der Waals surface area contributed by atoms with Crippen LogP contribution in [0.3, 0.4) is 0 Å². The second kappa shape index (κ2) is 10.8. The first-order chi connectivity index (χ1) is 21.6. The summed E-state index contributed by atoms with van der Waals surface area (Å²) in [5.41, 5.74) is 11.2. The Hall–Kier alpha value is -5.26. The molecule has 0 atom stereocenters. The number of benzene rings is 6. The van der Waals surface area contributed by atoms with E-state index in [1.807, 2.05) is 36.4 Å². The predicted octanol–water partition coefficient (Wildman–Crippen LogP) is 9.84. The SMILES string of the molecule is Cc1ccc(Sn2c3ccccc3c3cc(-c4ccc5c(c4)n(C)c(=Nc4ccccc4)n5-c4ccccc4)ccc32)cc1. The normalized spacial score (nSPS) is 12.1. The van der Waals surface area contributed by atoms with Crippen LogP contribution in [-0.4, -0.2) is 13.1 Å². The van der Waals surface area contributed by atoms with Crippen molar-refractivity contribution in [1.29, 1.82) is 0 Å². The maximum atomic E-state index is 5.09. The lowest BCUT2D eigenvalue weighted by Crippen LogP contribution is -2.22. The maximum absolute atomic E-state index is 5.09. The number of nitrogens with zero attached hydrogens (tertiary/aromatic N) is 4. The van der Waals surface area contributed by atoms with Crippen molar-refractivity contribution in [3.63, 3.8) is 0 Å². The molecule has 212 valence electrons. The third-order valence-corrected chi connectivity index (χ3v) is 9.32. The molecule has 0 saturated heterocycles. The number of imidazole rings is 1. The molecule has 5 heteroatoms. The van der Waals surface area contributed by atoms with Gasteiger partial charge in [-0.3, -0.25) is 8.54 Å². The van der Waals surface area contributed by atoms with E-state index in [-0.39, 0.29) is 0 Å². The molecule has 0 saturated carbocycles. The molecule has 0 fully saturated rings. The highest BCUT2D eigenvalue weighted by molar-refractivity contribution is 7.98. The van der Waals surface area contributed by atoms with Gasteiger partial charge in [-0.25, -0.2) is 4.99 Å². The van der Waals surface area contributed by atoms with E-state index in [1.165, 1.54) is 43.4 Å². The molecule has 0 aliphatic carbocycles. The fourth-order valence-electron chi connectivity index (χ4n) is 6.02. The van der Waals surface area contributed by atoms with Gasteiger partial charge in [0.15, 0.2) is 0 Å². The van der Waals surface area contributed by atoms with Crippen LogP contribution in [0.25, 0.3) is 49.7 Å². The lowest BCUT2D eigenvalue weighted by atomic mass is 10.0. The van der Waals surface area contributed by atoms with Crippen molar-refractivity contribution < 1.29 is 0 Å². The van der Waals surface area contributed by atoms with Gasteiger partial charge in [-0.1, -0.05) is 84.4 Å². The summed E-state index contributed by atoms with van der Waals surface area (Å²) in [5, 5.41) is 2.51. The Morgan fingerprint density at radius 2 is 1.18 bits per heavy atom. The molecular formula is C39H30N4S. The molecule has 0 radical (unpaired) electrons. The largest absolute Gasteiger partial charge is 0.313 e. The summed E-state index contributed by atoms with van der Waals surface area (Å²) in [4.78, 5) is 6.32. The van der Waals surface area contributed by atoms with Gasteiger partial charge in [0, 0.05) is 28.4 Å². The summed E-state index contributed by atoms with van der Waals surface area (Å²) < 4.78 is 6.80. The second-order valence-electron chi connectivity index (χ2n) is 11.1. The van der Waals surface area contributed by atoms with Crippen molar-refractivity contribution in [2.45, 2.75) is 11.8 Å². The third-order valence-electron chi connectivity index (χ3n) is 8.26. The molecule has 0 N–H and O–H groups in total. The average molecular weight is 587 g/mol. The van der Waals surface area contributed by atoms with Gasteiger partial charge in [-0.05, 0) is 96.7 Å².